The summed E-state index contributed by atoms with van der Waals surface area (Å²) in [6, 6.07) is 0.185. The van der Waals surface area contributed by atoms with Crippen molar-refractivity contribution < 1.29 is 0 Å². The molecule has 2 nitrogen and oxygen atoms in total. The van der Waals surface area contributed by atoms with Crippen LogP contribution in [0.3, 0.4) is 0 Å². The van der Waals surface area contributed by atoms with Gasteiger partial charge in [0.05, 0.1) is 0 Å². The fourth-order valence-electron chi connectivity index (χ4n) is 2.30. The van der Waals surface area contributed by atoms with Crippen LogP contribution in [0.1, 0.15) is 40.0 Å². The second kappa shape index (κ2) is 5.52. The van der Waals surface area contributed by atoms with Crippen molar-refractivity contribution >= 4 is 0 Å². The van der Waals surface area contributed by atoms with Gasteiger partial charge >= 0.3 is 0 Å². The molecule has 0 amide bonds. The summed E-state index contributed by atoms with van der Waals surface area (Å²) < 4.78 is 0. The molecule has 84 valence electrons. The molecule has 0 aliphatic carbocycles. The minimum Gasteiger partial charge on any atom is -0.326 e. The van der Waals surface area contributed by atoms with Crippen LogP contribution in [0, 0.1) is 0 Å². The van der Waals surface area contributed by atoms with E-state index < -0.39 is 0 Å². The fourth-order valence-corrected chi connectivity index (χ4v) is 2.30. The SMILES string of the molecule is C=C(C)CC(N)C(CC)(CC)N(C)C. The van der Waals surface area contributed by atoms with Crippen LogP contribution in [0.25, 0.3) is 0 Å². The average Bonchev–Trinajstić information content (AvgIpc) is 2.05. The van der Waals surface area contributed by atoms with Gasteiger partial charge in [-0.25, -0.2) is 0 Å². The van der Waals surface area contributed by atoms with Crippen LogP contribution >= 0.6 is 0 Å². The summed E-state index contributed by atoms with van der Waals surface area (Å²) in [5, 5.41) is 0. The van der Waals surface area contributed by atoms with Gasteiger partial charge in [-0.15, -0.1) is 6.58 Å². The van der Waals surface area contributed by atoms with Gasteiger partial charge in [-0.05, 0) is 40.3 Å². The maximum Gasteiger partial charge on any atom is 0.0352 e. The number of nitrogens with two attached hydrogens (primary N) is 1. The van der Waals surface area contributed by atoms with Crippen molar-refractivity contribution in [1.82, 2.24) is 4.90 Å². The zero-order chi connectivity index (χ0) is 11.4. The van der Waals surface area contributed by atoms with E-state index in [1.54, 1.807) is 0 Å². The van der Waals surface area contributed by atoms with Gasteiger partial charge in [0.15, 0.2) is 0 Å². The van der Waals surface area contributed by atoms with Crippen LogP contribution in [0.15, 0.2) is 12.2 Å². The molecule has 0 aromatic carbocycles. The van der Waals surface area contributed by atoms with Crippen molar-refractivity contribution in [2.45, 2.75) is 51.6 Å². The summed E-state index contributed by atoms with van der Waals surface area (Å²) >= 11 is 0. The monoisotopic (exact) mass is 198 g/mol. The minimum absolute atomic E-state index is 0.124. The minimum atomic E-state index is 0.124. The van der Waals surface area contributed by atoms with E-state index in [2.05, 4.69) is 39.4 Å². The third kappa shape index (κ3) is 2.82. The van der Waals surface area contributed by atoms with Crippen LogP contribution in [0.4, 0.5) is 0 Å². The standard InChI is InChI=1S/C12H26N2/c1-7-12(8-2,14(5)6)11(13)9-10(3)4/h11H,3,7-9,13H2,1-2,4-6H3. The van der Waals surface area contributed by atoms with E-state index >= 15 is 0 Å². The number of nitrogens with zero attached hydrogens (tertiary/aromatic N) is 1. The van der Waals surface area contributed by atoms with Gasteiger partial charge in [0.1, 0.15) is 0 Å². The van der Waals surface area contributed by atoms with Gasteiger partial charge in [0.25, 0.3) is 0 Å². The first kappa shape index (κ1) is 13.7. The molecular weight excluding hydrogens is 172 g/mol. The Morgan fingerprint density at radius 2 is 1.79 bits per heavy atom. The van der Waals surface area contributed by atoms with Crippen molar-refractivity contribution in [3.63, 3.8) is 0 Å². The van der Waals surface area contributed by atoms with Crippen molar-refractivity contribution in [3.05, 3.63) is 12.2 Å². The van der Waals surface area contributed by atoms with E-state index in [-0.39, 0.29) is 11.6 Å². The van der Waals surface area contributed by atoms with E-state index in [0.29, 0.717) is 0 Å². The van der Waals surface area contributed by atoms with Gasteiger partial charge in [0.2, 0.25) is 0 Å². The molecule has 0 bridgehead atoms. The van der Waals surface area contributed by atoms with Gasteiger partial charge in [-0.2, -0.15) is 0 Å². The first-order chi connectivity index (χ1) is 6.40. The molecule has 14 heavy (non-hydrogen) atoms. The van der Waals surface area contributed by atoms with Crippen LogP contribution in [-0.4, -0.2) is 30.6 Å². The molecule has 0 saturated carbocycles. The molecule has 2 N–H and O–H groups in total. The molecule has 0 aromatic heterocycles. The predicted molar refractivity (Wildman–Crippen MR) is 64.4 cm³/mol. The molecule has 0 fully saturated rings. The van der Waals surface area contributed by atoms with Crippen molar-refractivity contribution in [3.8, 4) is 0 Å². The highest BCUT2D eigenvalue weighted by Crippen LogP contribution is 2.27. The highest BCUT2D eigenvalue weighted by molar-refractivity contribution is 5.02. The average molecular weight is 198 g/mol. The fraction of sp³-hybridized carbons (Fsp3) is 0.833. The summed E-state index contributed by atoms with van der Waals surface area (Å²) in [5.74, 6) is 0. The van der Waals surface area contributed by atoms with Gasteiger partial charge < -0.3 is 10.6 Å². The topological polar surface area (TPSA) is 29.3 Å². The lowest BCUT2D eigenvalue weighted by atomic mass is 9.81. The molecule has 0 aliphatic rings. The van der Waals surface area contributed by atoms with Crippen molar-refractivity contribution in [1.29, 1.82) is 0 Å². The molecule has 0 spiro atoms. The molecule has 0 saturated heterocycles. The number of hydrogen-bond donors (Lipinski definition) is 1. The Hall–Kier alpha value is -0.340. The van der Waals surface area contributed by atoms with E-state index in [0.717, 1.165) is 19.3 Å². The highest BCUT2D eigenvalue weighted by Gasteiger charge is 2.35. The third-order valence-corrected chi connectivity index (χ3v) is 3.37. The summed E-state index contributed by atoms with van der Waals surface area (Å²) in [4.78, 5) is 2.26. The highest BCUT2D eigenvalue weighted by atomic mass is 15.2. The largest absolute Gasteiger partial charge is 0.326 e. The first-order valence-electron chi connectivity index (χ1n) is 5.48. The Balaban J connectivity index is 4.70. The van der Waals surface area contributed by atoms with Crippen LogP contribution in [0.2, 0.25) is 0 Å². The number of rotatable bonds is 6. The summed E-state index contributed by atoms with van der Waals surface area (Å²) in [6.07, 6.45) is 3.09. The van der Waals surface area contributed by atoms with E-state index in [1.165, 1.54) is 5.57 Å². The molecular formula is C12H26N2. The van der Waals surface area contributed by atoms with Crippen molar-refractivity contribution in [2.24, 2.45) is 5.73 Å². The van der Waals surface area contributed by atoms with Gasteiger partial charge in [0, 0.05) is 11.6 Å². The van der Waals surface area contributed by atoms with Crippen LogP contribution < -0.4 is 5.73 Å². The Bertz CT molecular complexity index is 181. The second-order valence-corrected chi connectivity index (χ2v) is 4.47. The van der Waals surface area contributed by atoms with Crippen LogP contribution in [0.5, 0.6) is 0 Å². The lowest BCUT2D eigenvalue weighted by Crippen LogP contribution is -2.56. The molecule has 0 aliphatic heterocycles. The molecule has 0 radical (unpaired) electrons. The van der Waals surface area contributed by atoms with Gasteiger partial charge in [-0.3, -0.25) is 0 Å². The maximum atomic E-state index is 6.27. The van der Waals surface area contributed by atoms with Gasteiger partial charge in [-0.1, -0.05) is 19.4 Å². The Morgan fingerprint density at radius 3 is 2.00 bits per heavy atom. The number of likely N-dealkylation sites (N-methyl/N-ethyl adjacent to an activating group) is 1. The molecule has 1 atom stereocenters. The molecule has 2 heteroatoms. The molecule has 0 heterocycles. The zero-order valence-electron chi connectivity index (χ0n) is 10.4. The zero-order valence-corrected chi connectivity index (χ0v) is 10.4. The summed E-state index contributed by atoms with van der Waals surface area (Å²) in [7, 11) is 4.23. The normalized spacial score (nSPS) is 14.5. The lowest BCUT2D eigenvalue weighted by molar-refractivity contribution is 0.105. The lowest BCUT2D eigenvalue weighted by Gasteiger charge is -2.43. The third-order valence-electron chi connectivity index (χ3n) is 3.37. The summed E-state index contributed by atoms with van der Waals surface area (Å²) in [5.41, 5.74) is 7.57. The quantitative estimate of drug-likeness (QED) is 0.664. The summed E-state index contributed by atoms with van der Waals surface area (Å²) in [6.45, 7) is 10.4. The Labute approximate surface area is 89.2 Å². The van der Waals surface area contributed by atoms with E-state index in [9.17, 15) is 0 Å². The molecule has 1 unspecified atom stereocenters. The smallest absolute Gasteiger partial charge is 0.0352 e. The van der Waals surface area contributed by atoms with Crippen molar-refractivity contribution in [2.75, 3.05) is 14.1 Å². The maximum absolute atomic E-state index is 6.27. The Morgan fingerprint density at radius 1 is 1.36 bits per heavy atom. The van der Waals surface area contributed by atoms with Crippen LogP contribution in [-0.2, 0) is 0 Å². The number of hydrogen-bond acceptors (Lipinski definition) is 2. The first-order valence-corrected chi connectivity index (χ1v) is 5.48. The van der Waals surface area contributed by atoms with E-state index in [1.807, 2.05) is 6.92 Å². The molecule has 0 aromatic rings. The molecule has 0 rings (SSSR count). The van der Waals surface area contributed by atoms with E-state index in [4.69, 9.17) is 5.73 Å². The second-order valence-electron chi connectivity index (χ2n) is 4.47. The Kier molecular flexibility index (Phi) is 5.38. The predicted octanol–water partition coefficient (Wildman–Crippen LogP) is 2.40.